The summed E-state index contributed by atoms with van der Waals surface area (Å²) in [6.07, 6.45) is 1.38. The van der Waals surface area contributed by atoms with Crippen molar-refractivity contribution in [2.24, 2.45) is 0 Å². The van der Waals surface area contributed by atoms with E-state index in [1.165, 1.54) is 35.0 Å². The Balaban J connectivity index is 1.97. The van der Waals surface area contributed by atoms with Gasteiger partial charge < -0.3 is 0 Å². The van der Waals surface area contributed by atoms with Crippen molar-refractivity contribution < 1.29 is 0 Å². The molecule has 1 heteroatoms. The van der Waals surface area contributed by atoms with Crippen molar-refractivity contribution in [3.63, 3.8) is 0 Å². The van der Waals surface area contributed by atoms with E-state index in [-0.39, 0.29) is 0 Å². The van der Waals surface area contributed by atoms with Crippen LogP contribution in [-0.4, -0.2) is 24.4 Å². The average Bonchev–Trinajstić information content (AvgIpc) is 1.37. The summed E-state index contributed by atoms with van der Waals surface area (Å²) in [6.45, 7) is 2.21. The van der Waals surface area contributed by atoms with Crippen LogP contribution in [0, 0.1) is 0 Å². The molecule has 0 aromatic rings. The molecule has 0 aromatic heterocycles. The van der Waals surface area contributed by atoms with Crippen LogP contribution in [0.2, 0.25) is 4.18 Å². The van der Waals surface area contributed by atoms with E-state index in [0.717, 1.165) is 0 Å². The van der Waals surface area contributed by atoms with Crippen molar-refractivity contribution in [1.29, 1.82) is 0 Å². The summed E-state index contributed by atoms with van der Waals surface area (Å²) in [5.41, 5.74) is 0. The van der Waals surface area contributed by atoms with Crippen LogP contribution in [0.1, 0.15) is 13.3 Å². The second-order valence-corrected chi connectivity index (χ2v) is 2.44. The van der Waals surface area contributed by atoms with E-state index in [1.807, 2.05) is 0 Å². The molecule has 0 aromatic carbocycles. The molecule has 0 unspecified atom stereocenters. The second kappa shape index (κ2) is 3.87. The van der Waals surface area contributed by atoms with E-state index in [1.54, 1.807) is 0 Å². The first-order valence-electron chi connectivity index (χ1n) is 1.62. The van der Waals surface area contributed by atoms with Crippen LogP contribution in [0.25, 0.3) is 0 Å². The van der Waals surface area contributed by atoms with Crippen molar-refractivity contribution in [3.8, 4) is 0 Å². The van der Waals surface area contributed by atoms with Gasteiger partial charge in [-0.1, -0.05) is 0 Å². The third kappa shape index (κ3) is 2.87. The zero-order valence-corrected chi connectivity index (χ0v) is 6.29. The molecule has 0 spiro atoms. The maximum absolute atomic E-state index is 2.21. The average molecular weight is 158 g/mol. The molecule has 22 valence electrons. The second-order valence-electron chi connectivity index (χ2n) is 0.789. The molecule has 0 bridgehead atoms. The van der Waals surface area contributed by atoms with Gasteiger partial charge in [-0.2, -0.15) is 0 Å². The predicted octanol–water partition coefficient (Wildman–Crippen LogP) is 0.983. The Morgan fingerprint density at radius 3 is 2.00 bits per heavy atom. The van der Waals surface area contributed by atoms with Crippen molar-refractivity contribution in [2.75, 3.05) is 0 Å². The van der Waals surface area contributed by atoms with E-state index >= 15 is 0 Å². The molecule has 0 N–H and O–H groups in total. The molecule has 0 atom stereocenters. The van der Waals surface area contributed by atoms with Crippen LogP contribution in [0.15, 0.2) is 0 Å². The predicted molar refractivity (Wildman–Crippen MR) is 20.9 cm³/mol. The summed E-state index contributed by atoms with van der Waals surface area (Å²) in [5.74, 6) is 0. The fraction of sp³-hybridized carbons (Fsp3) is 1.00. The molecule has 0 aliphatic rings. The standard InChI is InChI=1S/C3H7.In/c1-3-2;/h1,3H2,2H3;. The van der Waals surface area contributed by atoms with Crippen LogP contribution in [0.4, 0.5) is 0 Å². The Morgan fingerprint density at radius 2 is 2.00 bits per heavy atom. The molecular formula is C3H7In. The Kier molecular flexibility index (Phi) is 4.71. The topological polar surface area (TPSA) is 0 Å². The van der Waals surface area contributed by atoms with Gasteiger partial charge in [-0.05, 0) is 0 Å². The Hall–Kier alpha value is 0.870. The summed E-state index contributed by atoms with van der Waals surface area (Å²) in [4.78, 5) is 0. The number of hydrogen-bond donors (Lipinski definition) is 0. The normalized spacial score (nSPS) is 7.25. The molecule has 0 rings (SSSR count). The van der Waals surface area contributed by atoms with Gasteiger partial charge in [0.1, 0.15) is 0 Å². The first-order chi connectivity index (χ1) is 1.91. The van der Waals surface area contributed by atoms with Crippen molar-refractivity contribution in [1.82, 2.24) is 0 Å². The fourth-order valence-electron chi connectivity index (χ4n) is 0. The van der Waals surface area contributed by atoms with Crippen LogP contribution in [0.5, 0.6) is 0 Å². The van der Waals surface area contributed by atoms with E-state index in [2.05, 4.69) is 6.92 Å². The van der Waals surface area contributed by atoms with Gasteiger partial charge in [0.05, 0.1) is 0 Å². The van der Waals surface area contributed by atoms with E-state index in [4.69, 9.17) is 0 Å². The van der Waals surface area contributed by atoms with E-state index in [0.29, 0.717) is 0 Å². The molecule has 0 fully saturated rings. The van der Waals surface area contributed by atoms with Gasteiger partial charge in [0.2, 0.25) is 0 Å². The van der Waals surface area contributed by atoms with E-state index in [9.17, 15) is 0 Å². The summed E-state index contributed by atoms with van der Waals surface area (Å²) in [7, 11) is 0. The third-order valence-electron chi connectivity index (χ3n) is 0.289. The molecule has 2 radical (unpaired) electrons. The van der Waals surface area contributed by atoms with Crippen molar-refractivity contribution >= 4 is 24.4 Å². The molecule has 4 heavy (non-hydrogen) atoms. The van der Waals surface area contributed by atoms with Gasteiger partial charge in [0.25, 0.3) is 0 Å². The fourth-order valence-corrected chi connectivity index (χ4v) is 0. The van der Waals surface area contributed by atoms with Gasteiger partial charge in [0, 0.05) is 0 Å². The Labute approximate surface area is 42.2 Å². The maximum atomic E-state index is 2.21. The minimum atomic E-state index is 1.38. The Morgan fingerprint density at radius 1 is 1.75 bits per heavy atom. The number of hydrogen-bond acceptors (Lipinski definition) is 0. The zero-order chi connectivity index (χ0) is 3.41. The van der Waals surface area contributed by atoms with Crippen LogP contribution in [0.3, 0.4) is 0 Å². The van der Waals surface area contributed by atoms with Gasteiger partial charge in [-0.3, -0.25) is 0 Å². The number of rotatable bonds is 1. The monoisotopic (exact) mass is 158 g/mol. The summed E-state index contributed by atoms with van der Waals surface area (Å²) in [6, 6.07) is 0. The quantitative estimate of drug-likeness (QED) is 0.533. The first kappa shape index (κ1) is 4.87. The molecular weight excluding hydrogens is 151 g/mol. The van der Waals surface area contributed by atoms with E-state index < -0.39 is 0 Å². The molecule has 0 nitrogen and oxygen atoms in total. The van der Waals surface area contributed by atoms with Crippen LogP contribution < -0.4 is 0 Å². The third-order valence-corrected chi connectivity index (χ3v) is 1.94. The zero-order valence-electron chi connectivity index (χ0n) is 2.99. The Bertz CT molecular complexity index is 5.25. The summed E-state index contributed by atoms with van der Waals surface area (Å²) < 4.78 is 1.45. The van der Waals surface area contributed by atoms with Crippen molar-refractivity contribution in [2.45, 2.75) is 17.5 Å². The molecule has 0 saturated carbocycles. The first-order valence-corrected chi connectivity index (χ1v) is 3.95. The summed E-state index contributed by atoms with van der Waals surface area (Å²) in [5, 5.41) is 0. The van der Waals surface area contributed by atoms with Gasteiger partial charge in [-0.15, -0.1) is 0 Å². The van der Waals surface area contributed by atoms with Crippen LogP contribution >= 0.6 is 0 Å². The van der Waals surface area contributed by atoms with Gasteiger partial charge in [0.15, 0.2) is 0 Å². The molecule has 0 amide bonds. The van der Waals surface area contributed by atoms with Gasteiger partial charge in [-0.25, -0.2) is 0 Å². The van der Waals surface area contributed by atoms with Gasteiger partial charge >= 0.3 is 41.9 Å². The molecule has 0 heterocycles. The summed E-state index contributed by atoms with van der Waals surface area (Å²) >= 11 is 1.44. The minimum absolute atomic E-state index is 1.38. The molecule has 0 saturated heterocycles. The SMILES string of the molecule is CC[CH2][In]. The van der Waals surface area contributed by atoms with Crippen molar-refractivity contribution in [3.05, 3.63) is 0 Å². The molecule has 0 aliphatic heterocycles. The van der Waals surface area contributed by atoms with Crippen LogP contribution in [-0.2, 0) is 0 Å². The molecule has 0 aliphatic carbocycles.